The molecule has 5 nitrogen and oxygen atoms in total. The SMILES string of the molecule is CCOc1nc(Cl)nc(NC(C)C2CCCCC2)n1. The highest BCUT2D eigenvalue weighted by Crippen LogP contribution is 2.27. The first-order valence-corrected chi connectivity index (χ1v) is 7.37. The van der Waals surface area contributed by atoms with E-state index < -0.39 is 0 Å². The number of aromatic nitrogens is 3. The molecule has 0 aromatic carbocycles. The number of halogens is 1. The average molecular weight is 285 g/mol. The van der Waals surface area contributed by atoms with Crippen molar-refractivity contribution < 1.29 is 4.74 Å². The van der Waals surface area contributed by atoms with Gasteiger partial charge in [0.15, 0.2) is 0 Å². The van der Waals surface area contributed by atoms with Crippen molar-refractivity contribution in [3.63, 3.8) is 0 Å². The Kier molecular flexibility index (Phi) is 5.19. The molecule has 1 aliphatic carbocycles. The quantitative estimate of drug-likeness (QED) is 0.899. The van der Waals surface area contributed by atoms with Crippen molar-refractivity contribution in [1.82, 2.24) is 15.0 Å². The average Bonchev–Trinajstić information content (AvgIpc) is 2.39. The molecule has 1 heterocycles. The molecule has 0 spiro atoms. The minimum absolute atomic E-state index is 0.164. The molecule has 106 valence electrons. The second-order valence-electron chi connectivity index (χ2n) is 4.97. The summed E-state index contributed by atoms with van der Waals surface area (Å²) in [5, 5.41) is 3.49. The number of nitrogens with zero attached hydrogens (tertiary/aromatic N) is 3. The maximum absolute atomic E-state index is 5.87. The van der Waals surface area contributed by atoms with E-state index >= 15 is 0 Å². The van der Waals surface area contributed by atoms with Crippen LogP contribution in [0.2, 0.25) is 5.28 Å². The molecule has 1 aromatic heterocycles. The molecule has 1 saturated carbocycles. The third-order valence-corrected chi connectivity index (χ3v) is 3.74. The Bertz CT molecular complexity index is 410. The van der Waals surface area contributed by atoms with Crippen LogP contribution in [0.5, 0.6) is 6.01 Å². The van der Waals surface area contributed by atoms with Gasteiger partial charge in [0.1, 0.15) is 0 Å². The number of hydrogen-bond donors (Lipinski definition) is 1. The third kappa shape index (κ3) is 4.20. The van der Waals surface area contributed by atoms with Gasteiger partial charge in [-0.25, -0.2) is 0 Å². The fourth-order valence-electron chi connectivity index (χ4n) is 2.55. The van der Waals surface area contributed by atoms with Gasteiger partial charge in [0.2, 0.25) is 11.2 Å². The predicted octanol–water partition coefficient (Wildman–Crippen LogP) is 3.30. The summed E-state index contributed by atoms with van der Waals surface area (Å²) >= 11 is 5.87. The van der Waals surface area contributed by atoms with Crippen LogP contribution in [0.4, 0.5) is 5.95 Å². The number of anilines is 1. The molecule has 1 atom stereocenters. The van der Waals surface area contributed by atoms with Crippen LogP contribution in [0.3, 0.4) is 0 Å². The van der Waals surface area contributed by atoms with E-state index in [4.69, 9.17) is 16.3 Å². The largest absolute Gasteiger partial charge is 0.464 e. The van der Waals surface area contributed by atoms with Gasteiger partial charge < -0.3 is 10.1 Å². The maximum Gasteiger partial charge on any atom is 0.322 e. The van der Waals surface area contributed by atoms with E-state index in [1.54, 1.807) is 0 Å². The molecule has 0 saturated heterocycles. The molecule has 6 heteroatoms. The van der Waals surface area contributed by atoms with Crippen molar-refractivity contribution >= 4 is 17.5 Å². The Hall–Kier alpha value is -1.10. The van der Waals surface area contributed by atoms with E-state index in [2.05, 4.69) is 27.2 Å². The molecule has 0 aliphatic heterocycles. The van der Waals surface area contributed by atoms with Crippen LogP contribution in [0.25, 0.3) is 0 Å². The first-order valence-electron chi connectivity index (χ1n) is 7.00. The molecular weight excluding hydrogens is 264 g/mol. The summed E-state index contributed by atoms with van der Waals surface area (Å²) in [5.41, 5.74) is 0. The highest BCUT2D eigenvalue weighted by molar-refractivity contribution is 6.28. The van der Waals surface area contributed by atoms with Gasteiger partial charge in [-0.2, -0.15) is 15.0 Å². The molecule has 1 aromatic rings. The Morgan fingerprint density at radius 2 is 2.00 bits per heavy atom. The van der Waals surface area contributed by atoms with E-state index in [1.165, 1.54) is 32.1 Å². The van der Waals surface area contributed by atoms with Gasteiger partial charge in [0.25, 0.3) is 0 Å². The van der Waals surface area contributed by atoms with Crippen molar-refractivity contribution in [1.29, 1.82) is 0 Å². The molecule has 2 rings (SSSR count). The highest BCUT2D eigenvalue weighted by atomic mass is 35.5. The topological polar surface area (TPSA) is 59.9 Å². The van der Waals surface area contributed by atoms with Crippen LogP contribution >= 0.6 is 11.6 Å². The number of nitrogens with one attached hydrogen (secondary N) is 1. The molecule has 1 N–H and O–H groups in total. The van der Waals surface area contributed by atoms with Crippen LogP contribution in [-0.2, 0) is 0 Å². The molecule has 0 radical (unpaired) electrons. The Balaban J connectivity index is 2.00. The standard InChI is InChI=1S/C13H21ClN4O/c1-3-19-13-17-11(14)16-12(18-13)15-9(2)10-7-5-4-6-8-10/h9-10H,3-8H2,1-2H3,(H,15,16,17,18). The van der Waals surface area contributed by atoms with E-state index in [1.807, 2.05) is 6.92 Å². The lowest BCUT2D eigenvalue weighted by Gasteiger charge is -2.28. The van der Waals surface area contributed by atoms with Gasteiger partial charge in [-0.05, 0) is 44.2 Å². The summed E-state index contributed by atoms with van der Waals surface area (Å²) in [7, 11) is 0. The monoisotopic (exact) mass is 284 g/mol. The molecule has 19 heavy (non-hydrogen) atoms. The predicted molar refractivity (Wildman–Crippen MR) is 75.7 cm³/mol. The zero-order valence-corrected chi connectivity index (χ0v) is 12.3. The summed E-state index contributed by atoms with van der Waals surface area (Å²) in [6.45, 7) is 4.57. The summed E-state index contributed by atoms with van der Waals surface area (Å²) in [4.78, 5) is 12.2. The summed E-state index contributed by atoms with van der Waals surface area (Å²) in [6.07, 6.45) is 6.53. The second-order valence-corrected chi connectivity index (χ2v) is 5.31. The third-order valence-electron chi connectivity index (χ3n) is 3.57. The van der Waals surface area contributed by atoms with Crippen molar-refractivity contribution in [3.05, 3.63) is 5.28 Å². The minimum atomic E-state index is 0.164. The molecule has 0 bridgehead atoms. The van der Waals surface area contributed by atoms with Gasteiger partial charge >= 0.3 is 6.01 Å². The fourth-order valence-corrected chi connectivity index (χ4v) is 2.70. The molecule has 1 fully saturated rings. The van der Waals surface area contributed by atoms with Crippen molar-refractivity contribution in [2.45, 2.75) is 52.0 Å². The first-order chi connectivity index (χ1) is 9.19. The lowest BCUT2D eigenvalue weighted by Crippen LogP contribution is -2.28. The molecule has 1 aliphatic rings. The highest BCUT2D eigenvalue weighted by Gasteiger charge is 2.21. The van der Waals surface area contributed by atoms with Gasteiger partial charge in [-0.3, -0.25) is 0 Å². The van der Waals surface area contributed by atoms with Gasteiger partial charge in [-0.15, -0.1) is 0 Å². The fraction of sp³-hybridized carbons (Fsp3) is 0.769. The summed E-state index contributed by atoms with van der Waals surface area (Å²) < 4.78 is 5.27. The maximum atomic E-state index is 5.87. The normalized spacial score (nSPS) is 18.1. The summed E-state index contributed by atoms with van der Waals surface area (Å²) in [6, 6.07) is 0.620. The Morgan fingerprint density at radius 1 is 1.26 bits per heavy atom. The minimum Gasteiger partial charge on any atom is -0.464 e. The lowest BCUT2D eigenvalue weighted by atomic mass is 9.85. The molecule has 1 unspecified atom stereocenters. The Labute approximate surface area is 119 Å². The van der Waals surface area contributed by atoms with Gasteiger partial charge in [0.05, 0.1) is 6.61 Å². The van der Waals surface area contributed by atoms with Crippen LogP contribution in [0, 0.1) is 5.92 Å². The van der Waals surface area contributed by atoms with Crippen molar-refractivity contribution in [2.75, 3.05) is 11.9 Å². The Morgan fingerprint density at radius 3 is 2.68 bits per heavy atom. The zero-order valence-electron chi connectivity index (χ0n) is 11.5. The van der Waals surface area contributed by atoms with E-state index in [9.17, 15) is 0 Å². The van der Waals surface area contributed by atoms with E-state index in [-0.39, 0.29) is 11.3 Å². The number of rotatable bonds is 5. The zero-order chi connectivity index (χ0) is 13.7. The lowest BCUT2D eigenvalue weighted by molar-refractivity contribution is 0.310. The van der Waals surface area contributed by atoms with Crippen LogP contribution in [0.15, 0.2) is 0 Å². The van der Waals surface area contributed by atoms with Crippen LogP contribution in [-0.4, -0.2) is 27.6 Å². The van der Waals surface area contributed by atoms with Crippen molar-refractivity contribution in [2.24, 2.45) is 5.92 Å². The molecule has 0 amide bonds. The molecular formula is C13H21ClN4O. The number of hydrogen-bond acceptors (Lipinski definition) is 5. The van der Waals surface area contributed by atoms with Crippen LogP contribution < -0.4 is 10.1 Å². The summed E-state index contributed by atoms with van der Waals surface area (Å²) in [5.74, 6) is 1.18. The van der Waals surface area contributed by atoms with Gasteiger partial charge in [0, 0.05) is 6.04 Å². The van der Waals surface area contributed by atoms with Crippen molar-refractivity contribution in [3.8, 4) is 6.01 Å². The second kappa shape index (κ2) is 6.89. The first kappa shape index (κ1) is 14.3. The number of ether oxygens (including phenoxy) is 1. The van der Waals surface area contributed by atoms with E-state index in [0.29, 0.717) is 24.5 Å². The van der Waals surface area contributed by atoms with Crippen LogP contribution in [0.1, 0.15) is 46.0 Å². The van der Waals surface area contributed by atoms with Gasteiger partial charge in [-0.1, -0.05) is 19.3 Å². The van der Waals surface area contributed by atoms with E-state index in [0.717, 1.165) is 0 Å². The smallest absolute Gasteiger partial charge is 0.322 e.